The number of aliphatic imine (C=N–C) groups is 1. The molecule has 0 radical (unpaired) electrons. The minimum Gasteiger partial charge on any atom is -0.370 e. The summed E-state index contributed by atoms with van der Waals surface area (Å²) in [5.41, 5.74) is 9.29. The fourth-order valence-corrected chi connectivity index (χ4v) is 2.11. The van der Waals surface area contributed by atoms with Gasteiger partial charge in [0.1, 0.15) is 0 Å². The van der Waals surface area contributed by atoms with E-state index in [4.69, 9.17) is 5.73 Å². The number of guanidine groups is 1. The first kappa shape index (κ1) is 17.5. The molecule has 114 valence electrons. The number of aromatic nitrogens is 2. The molecule has 0 spiro atoms. The molecule has 2 rings (SSSR count). The predicted molar refractivity (Wildman–Crippen MR) is 98.3 cm³/mol. The fraction of sp³-hybridized carbons (Fsp3) is 0.333. The molecule has 2 aromatic rings. The van der Waals surface area contributed by atoms with E-state index in [0.29, 0.717) is 12.5 Å². The Morgan fingerprint density at radius 1 is 1.29 bits per heavy atom. The van der Waals surface area contributed by atoms with Crippen molar-refractivity contribution < 1.29 is 0 Å². The van der Waals surface area contributed by atoms with Crippen molar-refractivity contribution in [1.82, 2.24) is 9.55 Å². The van der Waals surface area contributed by atoms with Gasteiger partial charge in [-0.05, 0) is 43.5 Å². The summed E-state index contributed by atoms with van der Waals surface area (Å²) in [6.07, 6.45) is 6.46. The van der Waals surface area contributed by atoms with Gasteiger partial charge >= 0.3 is 0 Å². The first-order valence-corrected chi connectivity index (χ1v) is 6.74. The van der Waals surface area contributed by atoms with Crippen LogP contribution in [0.3, 0.4) is 0 Å². The van der Waals surface area contributed by atoms with Gasteiger partial charge in [0, 0.05) is 31.2 Å². The highest BCUT2D eigenvalue weighted by molar-refractivity contribution is 14.0. The SMILES string of the molecule is Cc1cc(C)cc(NC(N)=NCCCn2ccnc2)c1.I. The van der Waals surface area contributed by atoms with Crippen LogP contribution < -0.4 is 11.1 Å². The molecule has 0 amide bonds. The highest BCUT2D eigenvalue weighted by Gasteiger charge is 1.97. The summed E-state index contributed by atoms with van der Waals surface area (Å²) in [4.78, 5) is 8.33. The van der Waals surface area contributed by atoms with Gasteiger partial charge in [-0.15, -0.1) is 24.0 Å². The second-order valence-electron chi connectivity index (χ2n) is 4.92. The van der Waals surface area contributed by atoms with Crippen LogP contribution in [0.25, 0.3) is 0 Å². The molecule has 3 N–H and O–H groups in total. The number of imidazole rings is 1. The van der Waals surface area contributed by atoms with Crippen LogP contribution >= 0.6 is 24.0 Å². The van der Waals surface area contributed by atoms with Crippen LogP contribution in [-0.2, 0) is 6.54 Å². The Morgan fingerprint density at radius 3 is 2.62 bits per heavy atom. The normalized spacial score (nSPS) is 11.0. The fourth-order valence-electron chi connectivity index (χ4n) is 2.11. The quantitative estimate of drug-likeness (QED) is 0.352. The lowest BCUT2D eigenvalue weighted by Gasteiger charge is -2.08. The molecule has 21 heavy (non-hydrogen) atoms. The maximum absolute atomic E-state index is 5.89. The third-order valence-electron chi connectivity index (χ3n) is 2.91. The van der Waals surface area contributed by atoms with E-state index in [1.807, 2.05) is 10.8 Å². The molecule has 0 aliphatic rings. The molecule has 1 aromatic carbocycles. The van der Waals surface area contributed by atoms with Gasteiger partial charge in [-0.1, -0.05) is 6.07 Å². The van der Waals surface area contributed by atoms with Gasteiger partial charge in [-0.3, -0.25) is 4.99 Å². The Balaban J connectivity index is 0.00000220. The summed E-state index contributed by atoms with van der Waals surface area (Å²) >= 11 is 0. The summed E-state index contributed by atoms with van der Waals surface area (Å²) in [5, 5.41) is 3.13. The number of aryl methyl sites for hydroxylation is 3. The third kappa shape index (κ3) is 6.16. The Hall–Kier alpha value is -1.57. The molecule has 5 nitrogen and oxygen atoms in total. The summed E-state index contributed by atoms with van der Waals surface area (Å²) in [6.45, 7) is 5.73. The zero-order valence-corrected chi connectivity index (χ0v) is 14.7. The molecule has 0 aliphatic heterocycles. The number of rotatable bonds is 5. The van der Waals surface area contributed by atoms with E-state index in [9.17, 15) is 0 Å². The highest BCUT2D eigenvalue weighted by atomic mass is 127. The number of hydrogen-bond acceptors (Lipinski definition) is 2. The molecule has 0 aliphatic carbocycles. The van der Waals surface area contributed by atoms with E-state index in [2.05, 4.69) is 47.3 Å². The van der Waals surface area contributed by atoms with Gasteiger partial charge in [-0.2, -0.15) is 0 Å². The molecule has 0 saturated carbocycles. The van der Waals surface area contributed by atoms with E-state index < -0.39 is 0 Å². The molecular formula is C15H22IN5. The summed E-state index contributed by atoms with van der Waals surface area (Å²) in [5.74, 6) is 0.459. The first-order valence-electron chi connectivity index (χ1n) is 6.74. The van der Waals surface area contributed by atoms with Crippen molar-refractivity contribution in [2.45, 2.75) is 26.8 Å². The van der Waals surface area contributed by atoms with Gasteiger partial charge in [0.2, 0.25) is 0 Å². The van der Waals surface area contributed by atoms with Gasteiger partial charge in [-0.25, -0.2) is 4.98 Å². The van der Waals surface area contributed by atoms with Crippen molar-refractivity contribution in [3.63, 3.8) is 0 Å². The van der Waals surface area contributed by atoms with Crippen LogP contribution in [-0.4, -0.2) is 22.1 Å². The molecule has 0 bridgehead atoms. The third-order valence-corrected chi connectivity index (χ3v) is 2.91. The van der Waals surface area contributed by atoms with Gasteiger partial charge < -0.3 is 15.6 Å². The van der Waals surface area contributed by atoms with Crippen LogP contribution in [0.2, 0.25) is 0 Å². The molecule has 1 heterocycles. The van der Waals surface area contributed by atoms with Crippen molar-refractivity contribution in [2.24, 2.45) is 10.7 Å². The summed E-state index contributed by atoms with van der Waals surface area (Å²) in [7, 11) is 0. The number of nitrogens with zero attached hydrogens (tertiary/aromatic N) is 3. The summed E-state index contributed by atoms with van der Waals surface area (Å²) < 4.78 is 2.03. The van der Waals surface area contributed by atoms with Crippen LogP contribution in [0.1, 0.15) is 17.5 Å². The van der Waals surface area contributed by atoms with Crippen molar-refractivity contribution in [1.29, 1.82) is 0 Å². The Labute approximate surface area is 142 Å². The second kappa shape index (κ2) is 8.66. The van der Waals surface area contributed by atoms with E-state index in [1.54, 1.807) is 12.5 Å². The number of benzene rings is 1. The summed E-state index contributed by atoms with van der Waals surface area (Å²) in [6, 6.07) is 6.24. The average Bonchev–Trinajstić information content (AvgIpc) is 2.86. The molecule has 0 saturated heterocycles. The van der Waals surface area contributed by atoms with Crippen molar-refractivity contribution >= 4 is 35.6 Å². The molecule has 0 unspecified atom stereocenters. The van der Waals surface area contributed by atoms with Crippen LogP contribution in [0.5, 0.6) is 0 Å². The Bertz CT molecular complexity index is 558. The minimum atomic E-state index is 0. The van der Waals surface area contributed by atoms with Crippen LogP contribution in [0, 0.1) is 13.8 Å². The number of anilines is 1. The lowest BCUT2D eigenvalue weighted by Crippen LogP contribution is -2.23. The van der Waals surface area contributed by atoms with Crippen molar-refractivity contribution in [3.05, 3.63) is 48.0 Å². The van der Waals surface area contributed by atoms with E-state index in [1.165, 1.54) is 11.1 Å². The van der Waals surface area contributed by atoms with Gasteiger partial charge in [0.05, 0.1) is 6.33 Å². The molecule has 0 atom stereocenters. The van der Waals surface area contributed by atoms with Crippen LogP contribution in [0.15, 0.2) is 41.9 Å². The largest absolute Gasteiger partial charge is 0.370 e. The zero-order chi connectivity index (χ0) is 14.4. The van der Waals surface area contributed by atoms with Gasteiger partial charge in [0.15, 0.2) is 5.96 Å². The minimum absolute atomic E-state index is 0. The number of hydrogen-bond donors (Lipinski definition) is 2. The molecule has 0 fully saturated rings. The monoisotopic (exact) mass is 399 g/mol. The van der Waals surface area contributed by atoms with Crippen molar-refractivity contribution in [2.75, 3.05) is 11.9 Å². The first-order chi connectivity index (χ1) is 9.63. The number of nitrogens with one attached hydrogen (secondary N) is 1. The lowest BCUT2D eigenvalue weighted by atomic mass is 10.1. The number of nitrogens with two attached hydrogens (primary N) is 1. The van der Waals surface area contributed by atoms with E-state index in [0.717, 1.165) is 18.7 Å². The predicted octanol–water partition coefficient (Wildman–Crippen LogP) is 2.93. The van der Waals surface area contributed by atoms with E-state index >= 15 is 0 Å². The Morgan fingerprint density at radius 2 is 2.00 bits per heavy atom. The van der Waals surface area contributed by atoms with E-state index in [-0.39, 0.29) is 24.0 Å². The zero-order valence-electron chi connectivity index (χ0n) is 12.4. The highest BCUT2D eigenvalue weighted by Crippen LogP contribution is 2.13. The maximum atomic E-state index is 5.89. The Kier molecular flexibility index (Phi) is 7.21. The molecule has 1 aromatic heterocycles. The average molecular weight is 399 g/mol. The standard InChI is InChI=1S/C15H21N5.HI/c1-12-8-13(2)10-14(9-12)19-15(16)18-4-3-6-20-7-5-17-11-20;/h5,7-11H,3-4,6H2,1-2H3,(H3,16,18,19);1H. The maximum Gasteiger partial charge on any atom is 0.193 e. The smallest absolute Gasteiger partial charge is 0.193 e. The number of halogens is 1. The lowest BCUT2D eigenvalue weighted by molar-refractivity contribution is 0.650. The molecular weight excluding hydrogens is 377 g/mol. The van der Waals surface area contributed by atoms with Gasteiger partial charge in [0.25, 0.3) is 0 Å². The second-order valence-corrected chi connectivity index (χ2v) is 4.92. The van der Waals surface area contributed by atoms with Crippen molar-refractivity contribution in [3.8, 4) is 0 Å². The topological polar surface area (TPSA) is 68.2 Å². The van der Waals surface area contributed by atoms with Crippen LogP contribution in [0.4, 0.5) is 5.69 Å². The molecule has 6 heteroatoms.